The third-order valence-electron chi connectivity index (χ3n) is 3.25. The number of aromatic nitrogens is 2. The van der Waals surface area contributed by atoms with Crippen LogP contribution in [-0.2, 0) is 4.79 Å². The fraction of sp³-hybridized carbons (Fsp3) is 0.267. The maximum absolute atomic E-state index is 13.5. The third kappa shape index (κ3) is 3.26. The van der Waals surface area contributed by atoms with Gasteiger partial charge in [0.05, 0.1) is 5.92 Å². The molecule has 1 atom stereocenters. The summed E-state index contributed by atoms with van der Waals surface area (Å²) in [6.07, 6.45) is 0. The first-order valence-corrected chi connectivity index (χ1v) is 7.13. The number of hydrogen-bond donors (Lipinski definition) is 1. The normalized spacial score (nSPS) is 12.2. The van der Waals surface area contributed by atoms with Crippen molar-refractivity contribution in [1.82, 2.24) is 9.97 Å². The molecule has 0 fully saturated rings. The van der Waals surface area contributed by atoms with Crippen molar-refractivity contribution in [2.45, 2.75) is 26.7 Å². The summed E-state index contributed by atoms with van der Waals surface area (Å²) in [4.78, 5) is 19.8. The highest BCUT2D eigenvalue weighted by atomic mass is 79.9. The summed E-state index contributed by atoms with van der Waals surface area (Å²) >= 11 is 3.23. The van der Waals surface area contributed by atoms with E-state index in [-0.39, 0.29) is 5.82 Å². The lowest BCUT2D eigenvalue weighted by molar-refractivity contribution is -0.138. The molecule has 1 aromatic carbocycles. The monoisotopic (exact) mass is 352 g/mol. The van der Waals surface area contributed by atoms with Gasteiger partial charge in [0, 0.05) is 27.0 Å². The summed E-state index contributed by atoms with van der Waals surface area (Å²) < 4.78 is 14.1. The van der Waals surface area contributed by atoms with E-state index in [1.165, 1.54) is 12.1 Å². The topological polar surface area (TPSA) is 63.1 Å². The van der Waals surface area contributed by atoms with Gasteiger partial charge in [0.2, 0.25) is 0 Å². The quantitative estimate of drug-likeness (QED) is 0.911. The molecular formula is C15H14BrFN2O2. The number of rotatable bonds is 3. The zero-order valence-corrected chi connectivity index (χ0v) is 13.4. The minimum absolute atomic E-state index is 0.381. The fourth-order valence-electron chi connectivity index (χ4n) is 2.29. The second kappa shape index (κ2) is 5.89. The number of hydrogen-bond acceptors (Lipinski definition) is 3. The Morgan fingerprint density at radius 3 is 2.29 bits per heavy atom. The van der Waals surface area contributed by atoms with E-state index in [9.17, 15) is 9.18 Å². The van der Waals surface area contributed by atoms with Crippen LogP contribution in [0.4, 0.5) is 4.39 Å². The number of carboxylic acids is 1. The Labute approximate surface area is 130 Å². The van der Waals surface area contributed by atoms with Crippen molar-refractivity contribution >= 4 is 21.9 Å². The van der Waals surface area contributed by atoms with Crippen LogP contribution < -0.4 is 0 Å². The van der Waals surface area contributed by atoms with Crippen LogP contribution in [0.2, 0.25) is 0 Å². The predicted molar refractivity (Wildman–Crippen MR) is 80.7 cm³/mol. The average molecular weight is 353 g/mol. The summed E-state index contributed by atoms with van der Waals surface area (Å²) in [6.45, 7) is 5.07. The number of nitrogens with zero attached hydrogens (tertiary/aromatic N) is 2. The summed E-state index contributed by atoms with van der Waals surface area (Å²) in [5.74, 6) is -1.61. The van der Waals surface area contributed by atoms with E-state index < -0.39 is 11.9 Å². The molecule has 6 heteroatoms. The molecule has 0 amide bonds. The first kappa shape index (κ1) is 15.6. The molecule has 21 heavy (non-hydrogen) atoms. The van der Waals surface area contributed by atoms with E-state index in [2.05, 4.69) is 25.9 Å². The van der Waals surface area contributed by atoms with Crippen molar-refractivity contribution in [3.05, 3.63) is 45.4 Å². The Bertz CT molecular complexity index is 676. The molecular weight excluding hydrogens is 339 g/mol. The van der Waals surface area contributed by atoms with Crippen molar-refractivity contribution < 1.29 is 14.3 Å². The van der Waals surface area contributed by atoms with Crippen LogP contribution in [0.15, 0.2) is 22.7 Å². The van der Waals surface area contributed by atoms with Crippen molar-refractivity contribution in [3.8, 4) is 11.4 Å². The van der Waals surface area contributed by atoms with Gasteiger partial charge in [-0.05, 0) is 39.0 Å². The second-order valence-corrected chi connectivity index (χ2v) is 5.77. The van der Waals surface area contributed by atoms with Crippen LogP contribution in [0.5, 0.6) is 0 Å². The molecule has 0 spiro atoms. The lowest BCUT2D eigenvalue weighted by Crippen LogP contribution is -2.13. The molecule has 0 bridgehead atoms. The summed E-state index contributed by atoms with van der Waals surface area (Å²) in [7, 11) is 0. The SMILES string of the molecule is Cc1nc(-c2cc(F)cc(Br)c2)nc(C)c1C(C)C(=O)O. The highest BCUT2D eigenvalue weighted by molar-refractivity contribution is 9.10. The largest absolute Gasteiger partial charge is 0.481 e. The molecule has 0 aliphatic rings. The zero-order valence-electron chi connectivity index (χ0n) is 11.8. The van der Waals surface area contributed by atoms with Crippen LogP contribution in [0.3, 0.4) is 0 Å². The predicted octanol–water partition coefficient (Wildman–Crippen LogP) is 3.85. The van der Waals surface area contributed by atoms with E-state index >= 15 is 0 Å². The van der Waals surface area contributed by atoms with Gasteiger partial charge in [-0.3, -0.25) is 4.79 Å². The van der Waals surface area contributed by atoms with Crippen LogP contribution in [0.1, 0.15) is 29.8 Å². The van der Waals surface area contributed by atoms with Crippen LogP contribution in [0, 0.1) is 19.7 Å². The molecule has 2 rings (SSSR count). The Kier molecular flexibility index (Phi) is 4.37. The van der Waals surface area contributed by atoms with E-state index in [0.717, 1.165) is 0 Å². The molecule has 0 saturated carbocycles. The lowest BCUT2D eigenvalue weighted by Gasteiger charge is -2.14. The Hall–Kier alpha value is -1.82. The number of carbonyl (C=O) groups is 1. The molecule has 0 saturated heterocycles. The standard InChI is InChI=1S/C15H14BrFN2O2/c1-7(15(20)21)13-8(2)18-14(19-9(13)3)10-4-11(16)6-12(17)5-10/h4-7H,1-3H3,(H,20,21). The van der Waals surface area contributed by atoms with Gasteiger partial charge in [0.15, 0.2) is 5.82 Å². The average Bonchev–Trinajstić information content (AvgIpc) is 2.36. The number of aryl methyl sites for hydroxylation is 2. The number of aliphatic carboxylic acids is 1. The first-order chi connectivity index (χ1) is 9.79. The van der Waals surface area contributed by atoms with Crippen LogP contribution in [-0.4, -0.2) is 21.0 Å². The molecule has 1 heterocycles. The Morgan fingerprint density at radius 1 is 1.24 bits per heavy atom. The minimum Gasteiger partial charge on any atom is -0.481 e. The molecule has 0 aliphatic heterocycles. The number of benzene rings is 1. The minimum atomic E-state index is -0.925. The summed E-state index contributed by atoms with van der Waals surface area (Å²) in [6, 6.07) is 4.42. The molecule has 0 aliphatic carbocycles. The first-order valence-electron chi connectivity index (χ1n) is 6.34. The molecule has 4 nitrogen and oxygen atoms in total. The maximum atomic E-state index is 13.5. The van der Waals surface area contributed by atoms with Crippen molar-refractivity contribution in [2.24, 2.45) is 0 Å². The number of halogens is 2. The molecule has 2 aromatic rings. The smallest absolute Gasteiger partial charge is 0.310 e. The van der Waals surface area contributed by atoms with Crippen molar-refractivity contribution in [3.63, 3.8) is 0 Å². The van der Waals surface area contributed by atoms with Gasteiger partial charge in [-0.1, -0.05) is 15.9 Å². The van der Waals surface area contributed by atoms with E-state index in [4.69, 9.17) is 5.11 Å². The van der Waals surface area contributed by atoms with Crippen LogP contribution in [0.25, 0.3) is 11.4 Å². The van der Waals surface area contributed by atoms with Gasteiger partial charge in [0.25, 0.3) is 0 Å². The number of carboxylic acid groups (broad SMARTS) is 1. The van der Waals surface area contributed by atoms with E-state index in [1.54, 1.807) is 26.8 Å². The lowest BCUT2D eigenvalue weighted by atomic mass is 9.98. The van der Waals surface area contributed by atoms with Gasteiger partial charge in [-0.25, -0.2) is 14.4 Å². The Morgan fingerprint density at radius 2 is 1.81 bits per heavy atom. The van der Waals surface area contributed by atoms with E-state index in [0.29, 0.717) is 32.8 Å². The summed E-state index contributed by atoms with van der Waals surface area (Å²) in [5.41, 5.74) is 2.32. The fourth-order valence-corrected chi connectivity index (χ4v) is 2.75. The molecule has 1 N–H and O–H groups in total. The molecule has 0 radical (unpaired) electrons. The van der Waals surface area contributed by atoms with E-state index in [1.807, 2.05) is 0 Å². The van der Waals surface area contributed by atoms with Crippen molar-refractivity contribution in [2.75, 3.05) is 0 Å². The van der Waals surface area contributed by atoms with Crippen LogP contribution >= 0.6 is 15.9 Å². The molecule has 1 aromatic heterocycles. The van der Waals surface area contributed by atoms with Gasteiger partial charge >= 0.3 is 5.97 Å². The highest BCUT2D eigenvalue weighted by Crippen LogP contribution is 2.26. The Balaban J connectivity index is 2.56. The van der Waals surface area contributed by atoms with Gasteiger partial charge in [-0.2, -0.15) is 0 Å². The molecule has 1 unspecified atom stereocenters. The highest BCUT2D eigenvalue weighted by Gasteiger charge is 2.21. The second-order valence-electron chi connectivity index (χ2n) is 4.85. The van der Waals surface area contributed by atoms with Gasteiger partial charge in [-0.15, -0.1) is 0 Å². The van der Waals surface area contributed by atoms with Crippen molar-refractivity contribution in [1.29, 1.82) is 0 Å². The van der Waals surface area contributed by atoms with Gasteiger partial charge < -0.3 is 5.11 Å². The third-order valence-corrected chi connectivity index (χ3v) is 3.71. The molecule has 110 valence electrons. The zero-order chi connectivity index (χ0) is 15.7. The van der Waals surface area contributed by atoms with Gasteiger partial charge in [0.1, 0.15) is 5.82 Å². The maximum Gasteiger partial charge on any atom is 0.310 e. The summed E-state index contributed by atoms with van der Waals surface area (Å²) in [5, 5.41) is 9.13.